The van der Waals surface area contributed by atoms with Crippen LogP contribution in [0.15, 0.2) is 24.3 Å². The highest BCUT2D eigenvalue weighted by Crippen LogP contribution is 2.33. The SMILES string of the molecule is CCC(CC)C(=O)N1CC(=O)N(C)c2ccccc21. The lowest BCUT2D eigenvalue weighted by molar-refractivity contribution is -0.125. The molecule has 1 aromatic rings. The molecule has 1 aliphatic rings. The van der Waals surface area contributed by atoms with Gasteiger partial charge in [-0.1, -0.05) is 26.0 Å². The fourth-order valence-corrected chi connectivity index (χ4v) is 2.49. The lowest BCUT2D eigenvalue weighted by atomic mass is 10.0. The van der Waals surface area contributed by atoms with Gasteiger partial charge in [-0.2, -0.15) is 0 Å². The minimum Gasteiger partial charge on any atom is -0.312 e. The lowest BCUT2D eigenvalue weighted by Gasteiger charge is -2.35. The van der Waals surface area contributed by atoms with Crippen molar-refractivity contribution in [2.75, 3.05) is 23.4 Å². The van der Waals surface area contributed by atoms with E-state index in [1.807, 2.05) is 38.1 Å². The molecule has 4 heteroatoms. The molecule has 0 fully saturated rings. The highest BCUT2D eigenvalue weighted by Gasteiger charge is 2.32. The fraction of sp³-hybridized carbons (Fsp3) is 0.467. The van der Waals surface area contributed by atoms with Crippen LogP contribution < -0.4 is 9.80 Å². The van der Waals surface area contributed by atoms with Gasteiger partial charge in [-0.25, -0.2) is 0 Å². The van der Waals surface area contributed by atoms with Crippen molar-refractivity contribution in [3.8, 4) is 0 Å². The molecule has 0 bridgehead atoms. The predicted molar refractivity (Wildman–Crippen MR) is 76.3 cm³/mol. The Morgan fingerprint density at radius 3 is 2.37 bits per heavy atom. The number of likely N-dealkylation sites (N-methyl/N-ethyl adjacent to an activating group) is 1. The second-order valence-corrected chi connectivity index (χ2v) is 4.88. The molecule has 1 aliphatic heterocycles. The topological polar surface area (TPSA) is 40.6 Å². The van der Waals surface area contributed by atoms with Crippen molar-refractivity contribution in [2.45, 2.75) is 26.7 Å². The summed E-state index contributed by atoms with van der Waals surface area (Å²) in [5.41, 5.74) is 1.64. The first-order valence-corrected chi connectivity index (χ1v) is 6.77. The van der Waals surface area contributed by atoms with Gasteiger partial charge in [0.2, 0.25) is 11.8 Å². The first-order valence-electron chi connectivity index (χ1n) is 6.77. The van der Waals surface area contributed by atoms with Crippen molar-refractivity contribution < 1.29 is 9.59 Å². The maximum absolute atomic E-state index is 12.5. The van der Waals surface area contributed by atoms with Gasteiger partial charge in [0, 0.05) is 13.0 Å². The number of anilines is 2. The molecule has 0 spiro atoms. The van der Waals surface area contributed by atoms with Crippen LogP contribution in [0.25, 0.3) is 0 Å². The summed E-state index contributed by atoms with van der Waals surface area (Å²) in [6, 6.07) is 7.56. The van der Waals surface area contributed by atoms with Gasteiger partial charge in [0.25, 0.3) is 0 Å². The van der Waals surface area contributed by atoms with E-state index < -0.39 is 0 Å². The minimum atomic E-state index is -0.0435. The summed E-state index contributed by atoms with van der Waals surface area (Å²) in [4.78, 5) is 27.8. The molecule has 0 radical (unpaired) electrons. The third-order valence-electron chi connectivity index (χ3n) is 3.80. The normalized spacial score (nSPS) is 14.8. The quantitative estimate of drug-likeness (QED) is 0.837. The molecule has 0 atom stereocenters. The van der Waals surface area contributed by atoms with Crippen molar-refractivity contribution in [2.24, 2.45) is 5.92 Å². The van der Waals surface area contributed by atoms with E-state index in [1.165, 1.54) is 0 Å². The van der Waals surface area contributed by atoms with Crippen molar-refractivity contribution in [1.82, 2.24) is 0 Å². The van der Waals surface area contributed by atoms with Crippen LogP contribution in [0.5, 0.6) is 0 Å². The Hall–Kier alpha value is -1.84. The maximum atomic E-state index is 12.5. The summed E-state index contributed by atoms with van der Waals surface area (Å²) in [6.45, 7) is 4.16. The molecule has 0 aromatic heterocycles. The first-order chi connectivity index (χ1) is 9.10. The zero-order chi connectivity index (χ0) is 14.0. The van der Waals surface area contributed by atoms with Crippen molar-refractivity contribution in [1.29, 1.82) is 0 Å². The van der Waals surface area contributed by atoms with E-state index in [0.717, 1.165) is 24.2 Å². The molecule has 2 amide bonds. The average Bonchev–Trinajstić information content (AvgIpc) is 2.44. The Balaban J connectivity index is 2.40. The van der Waals surface area contributed by atoms with E-state index in [0.29, 0.717) is 0 Å². The van der Waals surface area contributed by atoms with Gasteiger partial charge >= 0.3 is 0 Å². The van der Waals surface area contributed by atoms with Gasteiger partial charge in [-0.3, -0.25) is 9.59 Å². The molecule has 19 heavy (non-hydrogen) atoms. The Morgan fingerprint density at radius 1 is 1.21 bits per heavy atom. The Morgan fingerprint density at radius 2 is 1.79 bits per heavy atom. The van der Waals surface area contributed by atoms with Crippen LogP contribution >= 0.6 is 0 Å². The van der Waals surface area contributed by atoms with Crippen LogP contribution in [-0.4, -0.2) is 25.4 Å². The molecule has 1 heterocycles. The molecule has 0 saturated carbocycles. The van der Waals surface area contributed by atoms with E-state index in [-0.39, 0.29) is 24.3 Å². The highest BCUT2D eigenvalue weighted by molar-refractivity contribution is 6.11. The molecular formula is C15H20N2O2. The fourth-order valence-electron chi connectivity index (χ4n) is 2.49. The van der Waals surface area contributed by atoms with E-state index in [1.54, 1.807) is 16.8 Å². The molecule has 2 rings (SSSR count). The monoisotopic (exact) mass is 260 g/mol. The van der Waals surface area contributed by atoms with Crippen LogP contribution in [0.3, 0.4) is 0 Å². The first kappa shape index (κ1) is 13.6. The van der Waals surface area contributed by atoms with Crippen LogP contribution in [0.2, 0.25) is 0 Å². The van der Waals surface area contributed by atoms with Gasteiger partial charge in [0.05, 0.1) is 11.4 Å². The van der Waals surface area contributed by atoms with Gasteiger partial charge in [-0.05, 0) is 25.0 Å². The molecular weight excluding hydrogens is 240 g/mol. The number of hydrogen-bond acceptors (Lipinski definition) is 2. The molecule has 0 saturated heterocycles. The third-order valence-corrected chi connectivity index (χ3v) is 3.80. The van der Waals surface area contributed by atoms with E-state index in [2.05, 4.69) is 0 Å². The number of carbonyl (C=O) groups excluding carboxylic acids is 2. The predicted octanol–water partition coefficient (Wildman–Crippen LogP) is 2.43. The zero-order valence-corrected chi connectivity index (χ0v) is 11.7. The molecule has 102 valence electrons. The van der Waals surface area contributed by atoms with E-state index >= 15 is 0 Å². The standard InChI is InChI=1S/C15H20N2O2/c1-4-11(5-2)15(19)17-10-14(18)16(3)12-8-6-7-9-13(12)17/h6-9,11H,4-5,10H2,1-3H3. The van der Waals surface area contributed by atoms with Gasteiger partial charge in [0.1, 0.15) is 6.54 Å². The second-order valence-electron chi connectivity index (χ2n) is 4.88. The molecule has 0 unspecified atom stereocenters. The Bertz CT molecular complexity index is 495. The van der Waals surface area contributed by atoms with Gasteiger partial charge < -0.3 is 9.80 Å². The maximum Gasteiger partial charge on any atom is 0.246 e. The van der Waals surface area contributed by atoms with Gasteiger partial charge in [-0.15, -0.1) is 0 Å². The summed E-state index contributed by atoms with van der Waals surface area (Å²) in [6.07, 6.45) is 1.61. The number of fused-ring (bicyclic) bond motifs is 1. The third kappa shape index (κ3) is 2.35. The number of para-hydroxylation sites is 2. The highest BCUT2D eigenvalue weighted by atomic mass is 16.2. The van der Waals surface area contributed by atoms with Crippen molar-refractivity contribution in [3.05, 3.63) is 24.3 Å². The summed E-state index contributed by atoms with van der Waals surface area (Å²) in [7, 11) is 1.75. The number of benzene rings is 1. The average molecular weight is 260 g/mol. The zero-order valence-electron chi connectivity index (χ0n) is 11.7. The van der Waals surface area contributed by atoms with Crippen molar-refractivity contribution in [3.63, 3.8) is 0 Å². The molecule has 4 nitrogen and oxygen atoms in total. The smallest absolute Gasteiger partial charge is 0.246 e. The summed E-state index contributed by atoms with van der Waals surface area (Å²) >= 11 is 0. The number of rotatable bonds is 3. The van der Waals surface area contributed by atoms with Gasteiger partial charge in [0.15, 0.2) is 0 Å². The summed E-state index contributed by atoms with van der Waals surface area (Å²) < 4.78 is 0. The summed E-state index contributed by atoms with van der Waals surface area (Å²) in [5, 5.41) is 0. The van der Waals surface area contributed by atoms with Crippen LogP contribution in [0, 0.1) is 5.92 Å². The minimum absolute atomic E-state index is 0.00994. The number of nitrogens with zero attached hydrogens (tertiary/aromatic N) is 2. The van der Waals surface area contributed by atoms with Crippen LogP contribution in [-0.2, 0) is 9.59 Å². The summed E-state index contributed by atoms with van der Waals surface area (Å²) in [5.74, 6) is 0.00108. The number of amides is 2. The lowest BCUT2D eigenvalue weighted by Crippen LogP contribution is -2.48. The Labute approximate surface area is 114 Å². The largest absolute Gasteiger partial charge is 0.312 e. The van der Waals surface area contributed by atoms with E-state index in [9.17, 15) is 9.59 Å². The second kappa shape index (κ2) is 5.43. The Kier molecular flexibility index (Phi) is 3.88. The number of hydrogen-bond donors (Lipinski definition) is 0. The molecule has 0 N–H and O–H groups in total. The van der Waals surface area contributed by atoms with Crippen LogP contribution in [0.4, 0.5) is 11.4 Å². The van der Waals surface area contributed by atoms with Crippen molar-refractivity contribution >= 4 is 23.2 Å². The molecule has 1 aromatic carbocycles. The number of carbonyl (C=O) groups is 2. The van der Waals surface area contributed by atoms with Crippen LogP contribution in [0.1, 0.15) is 26.7 Å². The van der Waals surface area contributed by atoms with E-state index in [4.69, 9.17) is 0 Å². The molecule has 0 aliphatic carbocycles.